The topological polar surface area (TPSA) is 85.1 Å². The summed E-state index contributed by atoms with van der Waals surface area (Å²) in [7, 11) is 3.55. The number of nitrogens with zero attached hydrogens (tertiary/aromatic N) is 2. The number of carbonyl (C=O) groups excluding carboxylic acids is 2. The van der Waals surface area contributed by atoms with Crippen LogP contribution in [-0.4, -0.2) is 80.8 Å². The summed E-state index contributed by atoms with van der Waals surface area (Å²) in [6.45, 7) is 4.35. The number of ether oxygens (including phenoxy) is 2. The van der Waals surface area contributed by atoms with Gasteiger partial charge in [0, 0.05) is 26.7 Å². The van der Waals surface area contributed by atoms with E-state index >= 15 is 0 Å². The van der Waals surface area contributed by atoms with Crippen molar-refractivity contribution in [2.24, 2.45) is 5.73 Å². The zero-order valence-corrected chi connectivity index (χ0v) is 12.5. The Labute approximate surface area is 120 Å². The van der Waals surface area contributed by atoms with Gasteiger partial charge in [-0.3, -0.25) is 9.59 Å². The van der Waals surface area contributed by atoms with Gasteiger partial charge in [-0.2, -0.15) is 0 Å². The number of amides is 2. The van der Waals surface area contributed by atoms with Gasteiger partial charge < -0.3 is 25.0 Å². The first-order valence-electron chi connectivity index (χ1n) is 6.81. The van der Waals surface area contributed by atoms with E-state index in [1.54, 1.807) is 7.11 Å². The number of nitrogens with two attached hydrogens (primary N) is 1. The van der Waals surface area contributed by atoms with Crippen molar-refractivity contribution in [2.45, 2.75) is 25.6 Å². The number of hydrogen-bond acceptors (Lipinski definition) is 5. The summed E-state index contributed by atoms with van der Waals surface area (Å²) in [4.78, 5) is 26.9. The maximum Gasteiger partial charge on any atom is 0.237 e. The number of primary amides is 1. The molecule has 0 bridgehead atoms. The molecule has 0 spiro atoms. The molecule has 0 aromatic rings. The van der Waals surface area contributed by atoms with Gasteiger partial charge in [0.05, 0.1) is 31.8 Å². The molecule has 1 aliphatic rings. The highest BCUT2D eigenvalue weighted by Gasteiger charge is 2.25. The van der Waals surface area contributed by atoms with E-state index in [9.17, 15) is 9.59 Å². The van der Waals surface area contributed by atoms with Gasteiger partial charge in [-0.1, -0.05) is 0 Å². The van der Waals surface area contributed by atoms with Crippen LogP contribution in [0.1, 0.15) is 13.3 Å². The summed E-state index contributed by atoms with van der Waals surface area (Å²) in [5.41, 5.74) is 5.21. The van der Waals surface area contributed by atoms with Gasteiger partial charge in [0.15, 0.2) is 0 Å². The van der Waals surface area contributed by atoms with Gasteiger partial charge in [0.2, 0.25) is 11.8 Å². The van der Waals surface area contributed by atoms with E-state index in [0.29, 0.717) is 13.2 Å². The predicted molar refractivity (Wildman–Crippen MR) is 74.1 cm³/mol. The molecule has 2 atom stereocenters. The van der Waals surface area contributed by atoms with Gasteiger partial charge in [0.25, 0.3) is 0 Å². The van der Waals surface area contributed by atoms with Crippen molar-refractivity contribution in [3.63, 3.8) is 0 Å². The maximum absolute atomic E-state index is 12.2. The predicted octanol–water partition coefficient (Wildman–Crippen LogP) is -0.944. The van der Waals surface area contributed by atoms with Crippen LogP contribution >= 0.6 is 0 Å². The lowest BCUT2D eigenvalue weighted by atomic mass is 10.2. The molecule has 1 saturated heterocycles. The number of rotatable bonds is 7. The van der Waals surface area contributed by atoms with Crippen LogP contribution in [0.15, 0.2) is 0 Å². The highest BCUT2D eigenvalue weighted by molar-refractivity contribution is 5.84. The summed E-state index contributed by atoms with van der Waals surface area (Å²) in [6, 6.07) is 0. The van der Waals surface area contributed by atoms with Gasteiger partial charge in [0.1, 0.15) is 0 Å². The van der Waals surface area contributed by atoms with Crippen LogP contribution < -0.4 is 5.73 Å². The number of morpholine rings is 1. The average Bonchev–Trinajstić information content (AvgIpc) is 2.37. The minimum absolute atomic E-state index is 0.0845. The van der Waals surface area contributed by atoms with Crippen molar-refractivity contribution in [1.82, 2.24) is 9.80 Å². The third kappa shape index (κ3) is 5.85. The van der Waals surface area contributed by atoms with E-state index in [-0.39, 0.29) is 31.1 Å². The fraction of sp³-hybridized carbons (Fsp3) is 0.846. The quantitative estimate of drug-likeness (QED) is 0.653. The van der Waals surface area contributed by atoms with Crippen molar-refractivity contribution in [2.75, 3.05) is 46.9 Å². The molecule has 0 aromatic heterocycles. The average molecular weight is 287 g/mol. The van der Waals surface area contributed by atoms with E-state index < -0.39 is 5.91 Å². The lowest BCUT2D eigenvalue weighted by Crippen LogP contribution is -2.49. The smallest absolute Gasteiger partial charge is 0.237 e. The fourth-order valence-corrected chi connectivity index (χ4v) is 2.12. The molecule has 2 N–H and O–H groups in total. The molecule has 0 aliphatic carbocycles. The van der Waals surface area contributed by atoms with Crippen LogP contribution in [0.2, 0.25) is 0 Å². The Morgan fingerprint density at radius 3 is 2.80 bits per heavy atom. The summed E-state index contributed by atoms with van der Waals surface area (Å²) in [5, 5.41) is 0. The molecular weight excluding hydrogens is 262 g/mol. The lowest BCUT2D eigenvalue weighted by Gasteiger charge is -2.33. The van der Waals surface area contributed by atoms with Crippen LogP contribution in [0.25, 0.3) is 0 Å². The zero-order chi connectivity index (χ0) is 15.1. The molecule has 2 amide bonds. The highest BCUT2D eigenvalue weighted by Crippen LogP contribution is 2.08. The summed E-state index contributed by atoms with van der Waals surface area (Å²) in [5.74, 6) is -0.664. The number of methoxy groups -OCH3 is 1. The summed E-state index contributed by atoms with van der Waals surface area (Å²) < 4.78 is 10.7. The number of hydrogen-bond donors (Lipinski definition) is 1. The van der Waals surface area contributed by atoms with Crippen LogP contribution in [0.5, 0.6) is 0 Å². The molecule has 116 valence electrons. The van der Waals surface area contributed by atoms with Gasteiger partial charge >= 0.3 is 0 Å². The molecule has 0 saturated carbocycles. The third-order valence-electron chi connectivity index (χ3n) is 3.33. The molecule has 0 aromatic carbocycles. The van der Waals surface area contributed by atoms with Crippen molar-refractivity contribution in [1.29, 1.82) is 0 Å². The van der Waals surface area contributed by atoms with Crippen molar-refractivity contribution >= 4 is 11.8 Å². The molecule has 1 rings (SSSR count). The molecule has 1 fully saturated rings. The van der Waals surface area contributed by atoms with E-state index in [1.807, 2.05) is 14.0 Å². The Kier molecular flexibility index (Phi) is 6.90. The Balaban J connectivity index is 2.58. The highest BCUT2D eigenvalue weighted by atomic mass is 16.5. The fourth-order valence-electron chi connectivity index (χ4n) is 2.12. The van der Waals surface area contributed by atoms with E-state index in [4.69, 9.17) is 15.2 Å². The second-order valence-corrected chi connectivity index (χ2v) is 5.25. The van der Waals surface area contributed by atoms with Crippen LogP contribution in [0.3, 0.4) is 0 Å². The molecule has 1 aliphatic heterocycles. The molecule has 1 heterocycles. The standard InChI is InChI=1S/C13H25N3O4/c1-10(19-3)6-13(18)16(9-12(14)17)8-11-7-15(2)4-5-20-11/h10-11H,4-9H2,1-3H3,(H2,14,17)/t10-,11+/m0/s1. The lowest BCUT2D eigenvalue weighted by molar-refractivity contribution is -0.140. The van der Waals surface area contributed by atoms with E-state index in [2.05, 4.69) is 4.90 Å². The second kappa shape index (κ2) is 8.18. The maximum atomic E-state index is 12.2. The largest absolute Gasteiger partial charge is 0.381 e. The molecule has 0 unspecified atom stereocenters. The number of carbonyl (C=O) groups is 2. The van der Waals surface area contributed by atoms with E-state index in [1.165, 1.54) is 4.90 Å². The van der Waals surface area contributed by atoms with Crippen LogP contribution in [-0.2, 0) is 19.1 Å². The van der Waals surface area contributed by atoms with Crippen molar-refractivity contribution in [3.8, 4) is 0 Å². The third-order valence-corrected chi connectivity index (χ3v) is 3.33. The molecule has 7 heteroatoms. The van der Waals surface area contributed by atoms with Crippen LogP contribution in [0.4, 0.5) is 0 Å². The molecule has 7 nitrogen and oxygen atoms in total. The Morgan fingerprint density at radius 2 is 2.25 bits per heavy atom. The Bertz CT molecular complexity index is 338. The van der Waals surface area contributed by atoms with Crippen LogP contribution in [0, 0.1) is 0 Å². The molecule has 0 radical (unpaired) electrons. The Hall–Kier alpha value is -1.18. The molecular formula is C13H25N3O4. The second-order valence-electron chi connectivity index (χ2n) is 5.25. The first-order valence-corrected chi connectivity index (χ1v) is 6.81. The van der Waals surface area contributed by atoms with Gasteiger partial charge in [-0.15, -0.1) is 0 Å². The van der Waals surface area contributed by atoms with Crippen molar-refractivity contribution in [3.05, 3.63) is 0 Å². The monoisotopic (exact) mass is 287 g/mol. The summed E-state index contributed by atoms with van der Waals surface area (Å²) in [6.07, 6.45) is -0.0467. The number of likely N-dealkylation sites (N-methyl/N-ethyl adjacent to an activating group) is 1. The summed E-state index contributed by atoms with van der Waals surface area (Å²) >= 11 is 0. The first kappa shape index (κ1) is 16.9. The Morgan fingerprint density at radius 1 is 1.55 bits per heavy atom. The normalized spacial score (nSPS) is 21.4. The van der Waals surface area contributed by atoms with Gasteiger partial charge in [-0.25, -0.2) is 0 Å². The first-order chi connectivity index (χ1) is 9.42. The minimum atomic E-state index is -0.521. The SMILES string of the molecule is CO[C@@H](C)CC(=O)N(CC(N)=O)C[C@H]1CN(C)CCO1. The van der Waals surface area contributed by atoms with Crippen molar-refractivity contribution < 1.29 is 19.1 Å². The zero-order valence-electron chi connectivity index (χ0n) is 12.5. The van der Waals surface area contributed by atoms with E-state index in [0.717, 1.165) is 13.1 Å². The minimum Gasteiger partial charge on any atom is -0.381 e. The molecule has 20 heavy (non-hydrogen) atoms. The van der Waals surface area contributed by atoms with Gasteiger partial charge in [-0.05, 0) is 14.0 Å².